The summed E-state index contributed by atoms with van der Waals surface area (Å²) >= 11 is 3.94. The number of alkyl halides is 3. The van der Waals surface area contributed by atoms with E-state index in [4.69, 9.17) is 0 Å². The van der Waals surface area contributed by atoms with Crippen LogP contribution in [0, 0.1) is 5.82 Å². The van der Waals surface area contributed by atoms with Gasteiger partial charge in [-0.3, -0.25) is 0 Å². The Morgan fingerprint density at radius 2 is 1.94 bits per heavy atom. The highest BCUT2D eigenvalue weighted by atomic mass is 33.1. The number of halogens is 4. The fraction of sp³-hybridized carbons (Fsp3) is 0.333. The average molecular weight is 269 g/mol. The van der Waals surface area contributed by atoms with Gasteiger partial charge < -0.3 is 0 Å². The monoisotopic (exact) mass is 269 g/mol. The van der Waals surface area contributed by atoms with Crippen molar-refractivity contribution in [2.24, 2.45) is 0 Å². The zero-order valence-electron chi connectivity index (χ0n) is 7.88. The summed E-state index contributed by atoms with van der Waals surface area (Å²) in [5.74, 6) is -1.16. The molecule has 2 rings (SSSR count). The van der Waals surface area contributed by atoms with Gasteiger partial charge in [0.2, 0.25) is 0 Å². The van der Waals surface area contributed by atoms with Crippen molar-refractivity contribution in [1.29, 1.82) is 0 Å². The molecule has 0 aliphatic carbocycles. The van der Waals surface area contributed by atoms with Gasteiger partial charge in [-0.25, -0.2) is 8.70 Å². The van der Waals surface area contributed by atoms with Crippen LogP contribution in [-0.4, -0.2) is 4.31 Å². The van der Waals surface area contributed by atoms with E-state index in [1.807, 2.05) is 0 Å². The Hall–Kier alpha value is -0.400. The number of benzene rings is 1. The summed E-state index contributed by atoms with van der Waals surface area (Å²) in [4.78, 5) is 0. The first-order chi connectivity index (χ1) is 7.43. The molecule has 0 N–H and O–H groups in total. The second kappa shape index (κ2) is 4.12. The van der Waals surface area contributed by atoms with Crippen LogP contribution in [0.15, 0.2) is 12.1 Å². The molecule has 0 unspecified atom stereocenters. The van der Waals surface area contributed by atoms with E-state index in [0.29, 0.717) is 12.1 Å². The van der Waals surface area contributed by atoms with Crippen LogP contribution in [0.25, 0.3) is 0 Å². The lowest BCUT2D eigenvalue weighted by atomic mass is 10.1. The van der Waals surface area contributed by atoms with Crippen molar-refractivity contribution in [3.05, 3.63) is 34.6 Å². The number of hydrogen-bond donors (Lipinski definition) is 1. The highest BCUT2D eigenvalue weighted by Gasteiger charge is 2.37. The van der Waals surface area contributed by atoms with E-state index in [9.17, 15) is 17.6 Å². The van der Waals surface area contributed by atoms with Gasteiger partial charge in [-0.05, 0) is 22.6 Å². The van der Waals surface area contributed by atoms with Gasteiger partial charge in [0.25, 0.3) is 0 Å². The molecule has 1 aliphatic heterocycles. The fourth-order valence-electron chi connectivity index (χ4n) is 1.68. The molecule has 0 amide bonds. The van der Waals surface area contributed by atoms with Crippen LogP contribution in [0.1, 0.15) is 16.7 Å². The molecule has 0 radical (unpaired) electrons. The minimum absolute atomic E-state index is 0.122. The Balaban J connectivity index is 2.44. The molecule has 0 atom stereocenters. The highest BCUT2D eigenvalue weighted by Crippen LogP contribution is 2.38. The normalized spacial score (nSPS) is 16.6. The first-order valence-electron chi connectivity index (χ1n) is 4.37. The van der Waals surface area contributed by atoms with E-state index in [2.05, 4.69) is 11.7 Å². The van der Waals surface area contributed by atoms with Crippen LogP contribution < -0.4 is 0 Å². The molecule has 1 aromatic rings. The third-order valence-electron chi connectivity index (χ3n) is 2.44. The predicted octanol–water partition coefficient (Wildman–Crippen LogP) is 3.65. The molecule has 16 heavy (non-hydrogen) atoms. The SMILES string of the molecule is Fc1c(C(F)(F)F)ccc2c1CN(SS)C2. The number of nitrogens with zero attached hydrogens (tertiary/aromatic N) is 1. The lowest BCUT2D eigenvalue weighted by molar-refractivity contribution is -0.140. The summed E-state index contributed by atoms with van der Waals surface area (Å²) in [5, 5.41) is 0. The molecule has 0 saturated carbocycles. The molecular weight excluding hydrogens is 262 g/mol. The molecule has 1 aliphatic rings. The Labute approximate surface area is 98.8 Å². The first kappa shape index (κ1) is 12.1. The molecule has 0 fully saturated rings. The third-order valence-corrected chi connectivity index (χ3v) is 3.62. The molecule has 0 bridgehead atoms. The second-order valence-corrected chi connectivity index (χ2v) is 4.61. The van der Waals surface area contributed by atoms with Gasteiger partial charge in [-0.2, -0.15) is 13.2 Å². The molecule has 1 heterocycles. The van der Waals surface area contributed by atoms with Crippen LogP contribution in [0.2, 0.25) is 0 Å². The average Bonchev–Trinajstić information content (AvgIpc) is 2.60. The van der Waals surface area contributed by atoms with Gasteiger partial charge in [-0.15, -0.1) is 0 Å². The smallest absolute Gasteiger partial charge is 0.233 e. The minimum Gasteiger partial charge on any atom is -0.233 e. The van der Waals surface area contributed by atoms with Gasteiger partial charge in [-0.1, -0.05) is 17.7 Å². The summed E-state index contributed by atoms with van der Waals surface area (Å²) in [7, 11) is 1.09. The van der Waals surface area contributed by atoms with Crippen LogP contribution in [0.3, 0.4) is 0 Å². The van der Waals surface area contributed by atoms with Gasteiger partial charge >= 0.3 is 6.18 Å². The van der Waals surface area contributed by atoms with Crippen molar-refractivity contribution in [3.63, 3.8) is 0 Å². The van der Waals surface area contributed by atoms with Crippen molar-refractivity contribution in [1.82, 2.24) is 4.31 Å². The second-order valence-electron chi connectivity index (χ2n) is 3.44. The lowest BCUT2D eigenvalue weighted by Crippen LogP contribution is -2.10. The zero-order valence-corrected chi connectivity index (χ0v) is 9.59. The molecule has 0 aromatic heterocycles. The fourth-order valence-corrected chi connectivity index (χ4v) is 2.41. The van der Waals surface area contributed by atoms with Crippen LogP contribution in [-0.2, 0) is 19.3 Å². The molecule has 0 spiro atoms. The molecule has 88 valence electrons. The van der Waals surface area contributed by atoms with E-state index in [-0.39, 0.29) is 12.1 Å². The molecule has 1 aromatic carbocycles. The zero-order chi connectivity index (χ0) is 11.9. The third kappa shape index (κ3) is 2.03. The Kier molecular flexibility index (Phi) is 3.11. The van der Waals surface area contributed by atoms with Gasteiger partial charge in [0, 0.05) is 18.7 Å². The van der Waals surface area contributed by atoms with Crippen molar-refractivity contribution in [3.8, 4) is 0 Å². The van der Waals surface area contributed by atoms with E-state index in [1.165, 1.54) is 6.07 Å². The number of rotatable bonds is 1. The predicted molar refractivity (Wildman–Crippen MR) is 57.2 cm³/mol. The largest absolute Gasteiger partial charge is 0.419 e. The minimum atomic E-state index is -4.64. The lowest BCUT2D eigenvalue weighted by Gasteiger charge is -2.10. The van der Waals surface area contributed by atoms with E-state index in [1.54, 1.807) is 4.31 Å². The molecule has 0 saturated heterocycles. The van der Waals surface area contributed by atoms with Gasteiger partial charge in [0.1, 0.15) is 5.82 Å². The summed E-state index contributed by atoms with van der Waals surface area (Å²) in [6.07, 6.45) is -4.64. The first-order valence-corrected chi connectivity index (χ1v) is 6.20. The molecular formula is C9H7F4NS2. The van der Waals surface area contributed by atoms with E-state index in [0.717, 1.165) is 17.0 Å². The van der Waals surface area contributed by atoms with Gasteiger partial charge in [0.15, 0.2) is 0 Å². The standard InChI is InChI=1S/C9H7F4NS2/c10-8-6-4-14(16-15)3-5(6)1-2-7(8)9(11,12)13/h1-2,15H,3-4H2. The van der Waals surface area contributed by atoms with Crippen LogP contribution in [0.5, 0.6) is 0 Å². The van der Waals surface area contributed by atoms with Crippen molar-refractivity contribution < 1.29 is 17.6 Å². The maximum Gasteiger partial charge on any atom is 0.419 e. The van der Waals surface area contributed by atoms with Crippen molar-refractivity contribution >= 4 is 22.6 Å². The molecule has 7 heteroatoms. The highest BCUT2D eigenvalue weighted by molar-refractivity contribution is 8.67. The van der Waals surface area contributed by atoms with Crippen LogP contribution >= 0.6 is 22.6 Å². The maximum atomic E-state index is 13.6. The van der Waals surface area contributed by atoms with E-state index >= 15 is 0 Å². The quantitative estimate of drug-likeness (QED) is 0.359. The Morgan fingerprint density at radius 1 is 1.25 bits per heavy atom. The Bertz CT molecular complexity index is 419. The van der Waals surface area contributed by atoms with Crippen molar-refractivity contribution in [2.45, 2.75) is 19.3 Å². The summed E-state index contributed by atoms with van der Waals surface area (Å²) in [5.41, 5.74) is -0.485. The Morgan fingerprint density at radius 3 is 2.50 bits per heavy atom. The summed E-state index contributed by atoms with van der Waals surface area (Å²) < 4.78 is 52.5. The van der Waals surface area contributed by atoms with E-state index < -0.39 is 17.6 Å². The van der Waals surface area contributed by atoms with Crippen molar-refractivity contribution in [2.75, 3.05) is 0 Å². The number of fused-ring (bicyclic) bond motifs is 1. The summed E-state index contributed by atoms with van der Waals surface area (Å²) in [6, 6.07) is 2.12. The van der Waals surface area contributed by atoms with Crippen LogP contribution in [0.4, 0.5) is 17.6 Å². The number of thiol groups is 1. The topological polar surface area (TPSA) is 3.24 Å². The van der Waals surface area contributed by atoms with Gasteiger partial charge in [0.05, 0.1) is 5.56 Å². The summed E-state index contributed by atoms with van der Waals surface area (Å²) in [6.45, 7) is 0.567. The maximum absolute atomic E-state index is 13.6. The number of hydrogen-bond acceptors (Lipinski definition) is 3. The molecule has 1 nitrogen and oxygen atoms in total.